The molecule has 0 amide bonds. The zero-order valence-electron chi connectivity index (χ0n) is 36.2. The Hall–Kier alpha value is -3.06. The molecule has 6 saturated carbocycles. The molecule has 6 heteroatoms. The van der Waals surface area contributed by atoms with Crippen LogP contribution < -0.4 is 0 Å². The van der Waals surface area contributed by atoms with E-state index in [0.29, 0.717) is 70.1 Å². The minimum absolute atomic E-state index is 0.00172. The van der Waals surface area contributed by atoms with Gasteiger partial charge in [-0.1, -0.05) is 32.9 Å². The van der Waals surface area contributed by atoms with Gasteiger partial charge in [0.05, 0.1) is 18.3 Å². The summed E-state index contributed by atoms with van der Waals surface area (Å²) < 4.78 is 0. The molecule has 6 fully saturated rings. The largest absolute Gasteiger partial charge is 0.507 e. The van der Waals surface area contributed by atoms with Crippen molar-refractivity contribution in [3.8, 4) is 39.5 Å². The molecule has 0 aromatic heterocycles. The maximum absolute atomic E-state index is 12.8. The Bertz CT molecular complexity index is 2280. The minimum Gasteiger partial charge on any atom is -0.507 e. The molecule has 0 aliphatic heterocycles. The van der Waals surface area contributed by atoms with Crippen LogP contribution in [-0.4, -0.2) is 49.0 Å². The normalized spacial score (nSPS) is 43.4. The molecule has 0 saturated heterocycles. The Balaban J connectivity index is 0.976. The van der Waals surface area contributed by atoms with Crippen LogP contribution in [-0.2, 0) is 19.3 Å². The number of benzene rings is 3. The molecular formula is C54H68O6. The second-order valence-corrected chi connectivity index (χ2v) is 23.0. The molecular weight excluding hydrogens is 745 g/mol. The van der Waals surface area contributed by atoms with E-state index in [2.05, 4.69) is 51.1 Å². The Labute approximate surface area is 356 Å². The molecule has 6 N–H and O–H groups in total. The Morgan fingerprint density at radius 3 is 1.52 bits per heavy atom. The van der Waals surface area contributed by atoms with Crippen molar-refractivity contribution in [2.24, 2.45) is 51.8 Å². The smallest absolute Gasteiger partial charge is 0.131 e. The van der Waals surface area contributed by atoms with Crippen LogP contribution in [0.15, 0.2) is 30.3 Å². The first-order chi connectivity index (χ1) is 28.8. The lowest BCUT2D eigenvalue weighted by molar-refractivity contribution is -0.0227. The van der Waals surface area contributed by atoms with Crippen molar-refractivity contribution in [2.45, 2.75) is 172 Å². The highest BCUT2D eigenvalue weighted by Crippen LogP contribution is 2.66. The molecule has 9 aliphatic carbocycles. The summed E-state index contributed by atoms with van der Waals surface area (Å²) in [6.07, 6.45) is 17.0. The summed E-state index contributed by atoms with van der Waals surface area (Å²) >= 11 is 0. The predicted octanol–water partition coefficient (Wildman–Crippen LogP) is 10.8. The summed E-state index contributed by atoms with van der Waals surface area (Å²) in [5.41, 5.74) is 10.1. The monoisotopic (exact) mass is 813 g/mol. The molecule has 0 heterocycles. The summed E-state index contributed by atoms with van der Waals surface area (Å²) in [6.45, 7) is 6.95. The molecule has 6 nitrogen and oxygen atoms in total. The highest BCUT2D eigenvalue weighted by Gasteiger charge is 2.57. The van der Waals surface area contributed by atoms with Crippen molar-refractivity contribution < 1.29 is 30.6 Å². The first-order valence-corrected chi connectivity index (χ1v) is 24.5. The van der Waals surface area contributed by atoms with Gasteiger partial charge in [0.2, 0.25) is 0 Å². The van der Waals surface area contributed by atoms with Crippen LogP contribution in [0.1, 0.15) is 168 Å². The number of hydrogen-bond acceptors (Lipinski definition) is 6. The summed E-state index contributed by atoms with van der Waals surface area (Å²) in [5, 5.41) is 70.8. The van der Waals surface area contributed by atoms with Gasteiger partial charge in [-0.3, -0.25) is 0 Å². The van der Waals surface area contributed by atoms with Crippen LogP contribution in [0.3, 0.4) is 0 Å². The first-order valence-electron chi connectivity index (χ1n) is 24.5. The SMILES string of the molecule is C[C@]12CC[C@@H]3c4cc(O)c(-c5c(O)c(-c6ccc7c(c6O)CC[C@@H]6[C@@H]7CC[C@]7(C)[C@@H](O)CC[C@@H]67)cc6c5CC[C@@H]5[C@@H]6CC[C@]6(C)[C@@H](O)CC[C@@H]56)cc4CC[C@H]3[C@@H]1CC[C@H]2O. The van der Waals surface area contributed by atoms with Gasteiger partial charge in [-0.05, 0) is 237 Å². The maximum Gasteiger partial charge on any atom is 0.131 e. The zero-order valence-corrected chi connectivity index (χ0v) is 36.2. The van der Waals surface area contributed by atoms with Gasteiger partial charge in [-0.15, -0.1) is 0 Å². The van der Waals surface area contributed by atoms with Crippen LogP contribution in [0, 0.1) is 51.8 Å². The third-order valence-corrected chi connectivity index (χ3v) is 21.1. The van der Waals surface area contributed by atoms with Gasteiger partial charge in [-0.2, -0.15) is 0 Å². The van der Waals surface area contributed by atoms with E-state index in [9.17, 15) is 30.6 Å². The van der Waals surface area contributed by atoms with E-state index in [-0.39, 0.29) is 46.1 Å². The summed E-state index contributed by atoms with van der Waals surface area (Å²) in [4.78, 5) is 0. The van der Waals surface area contributed by atoms with E-state index < -0.39 is 0 Å². The number of fused-ring (bicyclic) bond motifs is 15. The predicted molar refractivity (Wildman–Crippen MR) is 234 cm³/mol. The fraction of sp³-hybridized carbons (Fsp3) is 0.667. The zero-order chi connectivity index (χ0) is 41.2. The lowest BCUT2D eigenvalue weighted by atomic mass is 9.54. The van der Waals surface area contributed by atoms with Crippen molar-refractivity contribution >= 4 is 0 Å². The molecule has 0 spiro atoms. The fourth-order valence-corrected chi connectivity index (χ4v) is 17.8. The van der Waals surface area contributed by atoms with Gasteiger partial charge < -0.3 is 30.6 Å². The van der Waals surface area contributed by atoms with Gasteiger partial charge in [0.15, 0.2) is 0 Å². The number of aliphatic hydroxyl groups excluding tert-OH is 3. The number of aliphatic hydroxyl groups is 3. The number of rotatable bonds is 2. The van der Waals surface area contributed by atoms with Crippen molar-refractivity contribution in [3.05, 3.63) is 63.7 Å². The number of aromatic hydroxyl groups is 3. The fourth-order valence-electron chi connectivity index (χ4n) is 17.8. The first kappa shape index (κ1) is 38.6. The lowest BCUT2D eigenvalue weighted by Gasteiger charge is -2.50. The number of phenolic OH excluding ortho intramolecular Hbond substituents is 3. The highest BCUT2D eigenvalue weighted by atomic mass is 16.3. The molecule has 12 rings (SSSR count). The second kappa shape index (κ2) is 13.2. The molecule has 0 unspecified atom stereocenters. The molecule has 320 valence electrons. The molecule has 0 bridgehead atoms. The average Bonchev–Trinajstić information content (AvgIpc) is 3.85. The summed E-state index contributed by atoms with van der Waals surface area (Å²) in [6, 6.07) is 10.8. The van der Waals surface area contributed by atoms with E-state index in [0.717, 1.165) is 138 Å². The number of phenols is 3. The van der Waals surface area contributed by atoms with Crippen LogP contribution >= 0.6 is 0 Å². The third-order valence-electron chi connectivity index (χ3n) is 21.1. The highest BCUT2D eigenvalue weighted by molar-refractivity contribution is 5.90. The molecule has 0 radical (unpaired) electrons. The van der Waals surface area contributed by atoms with Gasteiger partial charge >= 0.3 is 0 Å². The van der Waals surface area contributed by atoms with Crippen molar-refractivity contribution in [1.82, 2.24) is 0 Å². The summed E-state index contributed by atoms with van der Waals surface area (Å²) in [5.74, 6) is 4.78. The topological polar surface area (TPSA) is 121 Å². The third kappa shape index (κ3) is 5.05. The Morgan fingerprint density at radius 2 is 0.950 bits per heavy atom. The van der Waals surface area contributed by atoms with Crippen LogP contribution in [0.4, 0.5) is 0 Å². The van der Waals surface area contributed by atoms with Gasteiger partial charge in [0.25, 0.3) is 0 Å². The Kier molecular flexibility index (Phi) is 8.52. The average molecular weight is 813 g/mol. The lowest BCUT2D eigenvalue weighted by Crippen LogP contribution is -2.44. The Morgan fingerprint density at radius 1 is 0.450 bits per heavy atom. The number of hydrogen-bond donors (Lipinski definition) is 6. The van der Waals surface area contributed by atoms with E-state index in [1.807, 2.05) is 0 Å². The summed E-state index contributed by atoms with van der Waals surface area (Å²) in [7, 11) is 0. The van der Waals surface area contributed by atoms with E-state index in [1.54, 1.807) is 0 Å². The van der Waals surface area contributed by atoms with Crippen LogP contribution in [0.5, 0.6) is 17.2 Å². The van der Waals surface area contributed by atoms with Gasteiger partial charge in [0.1, 0.15) is 17.2 Å². The second-order valence-electron chi connectivity index (χ2n) is 23.0. The van der Waals surface area contributed by atoms with Crippen molar-refractivity contribution in [1.29, 1.82) is 0 Å². The van der Waals surface area contributed by atoms with Gasteiger partial charge in [-0.25, -0.2) is 0 Å². The van der Waals surface area contributed by atoms with E-state index in [1.165, 1.54) is 22.3 Å². The number of aryl methyl sites for hydroxylation is 1. The molecule has 3 aromatic carbocycles. The standard InChI is InChI=1S/C54H68O6/c1-52-21-18-29-28-6-10-37(50(59)36(28)11-8-33(29)43(52)13-16-46(52)56)40-25-39-31-20-23-54(3)44(14-17-48(54)58)34(31)7-9-35(39)49(51(40)60)41-24-27-4-5-32-30(38(27)26-45(41)55)19-22-53(2)42(32)12-15-47(53)57/h6,10,24-26,29-34,42-44,46-48,55-60H,4-5,7-9,11-23H2,1-3H3/t29-,30+,31+,32-,33-,34-,42+,43+,44+,46+,47-,48+,52+,53+,54+/m1/s1. The molecule has 15 atom stereocenters. The quantitative estimate of drug-likeness (QED) is 0.153. The van der Waals surface area contributed by atoms with Crippen LogP contribution in [0.2, 0.25) is 0 Å². The molecule has 3 aromatic rings. The molecule has 60 heavy (non-hydrogen) atoms. The minimum atomic E-state index is -0.247. The van der Waals surface area contributed by atoms with Crippen LogP contribution in [0.25, 0.3) is 22.3 Å². The maximum atomic E-state index is 12.8. The van der Waals surface area contributed by atoms with E-state index >= 15 is 0 Å². The molecule has 9 aliphatic rings. The van der Waals surface area contributed by atoms with Gasteiger partial charge in [0, 0.05) is 22.3 Å². The van der Waals surface area contributed by atoms with Crippen molar-refractivity contribution in [3.63, 3.8) is 0 Å². The van der Waals surface area contributed by atoms with E-state index in [4.69, 9.17) is 0 Å². The van der Waals surface area contributed by atoms with Crippen molar-refractivity contribution in [2.75, 3.05) is 0 Å².